The summed E-state index contributed by atoms with van der Waals surface area (Å²) in [6, 6.07) is 16.3. The van der Waals surface area contributed by atoms with Crippen LogP contribution in [0.5, 0.6) is 0 Å². The monoisotopic (exact) mass is 395 g/mol. The van der Waals surface area contributed by atoms with Crippen molar-refractivity contribution in [2.45, 2.75) is 6.10 Å². The van der Waals surface area contributed by atoms with Gasteiger partial charge < -0.3 is 25.1 Å². The summed E-state index contributed by atoms with van der Waals surface area (Å²) in [6.07, 6.45) is 0.574. The quantitative estimate of drug-likeness (QED) is 0.542. The van der Waals surface area contributed by atoms with Crippen LogP contribution in [-0.4, -0.2) is 53.4 Å². The van der Waals surface area contributed by atoms with Crippen LogP contribution in [0.1, 0.15) is 11.7 Å². The van der Waals surface area contributed by atoms with Gasteiger partial charge in [0.1, 0.15) is 0 Å². The third-order valence-corrected chi connectivity index (χ3v) is 4.44. The largest absolute Gasteiger partial charge is 0.423 e. The third kappa shape index (κ3) is 5.87. The second-order valence-electron chi connectivity index (χ2n) is 7.04. The molecule has 2 aromatic carbocycles. The summed E-state index contributed by atoms with van der Waals surface area (Å²) in [4.78, 5) is 14.4. The number of hydrogen-bond acceptors (Lipinski definition) is 6. The van der Waals surface area contributed by atoms with E-state index in [-0.39, 0.29) is 11.9 Å². The molecule has 29 heavy (non-hydrogen) atoms. The minimum Gasteiger partial charge on any atom is -0.423 e. The molecule has 1 heterocycles. The standard InChI is InChI=1S/C21H25N5O3/c1-26(2)13-17(19(27)15-7-4-3-5-8-15)12-22-21(28)24-18-10-6-9-16(11-18)20-25-23-14-29-20/h3-11,14,17,19,27H,12-13H2,1-2H3,(H2,22,24,28). The number of urea groups is 1. The van der Waals surface area contributed by atoms with E-state index in [2.05, 4.69) is 20.8 Å². The van der Waals surface area contributed by atoms with Crippen LogP contribution in [0.4, 0.5) is 10.5 Å². The molecule has 0 spiro atoms. The number of aromatic nitrogens is 2. The Balaban J connectivity index is 1.61. The van der Waals surface area contributed by atoms with Crippen molar-refractivity contribution in [3.05, 3.63) is 66.6 Å². The Labute approximate surface area is 169 Å². The SMILES string of the molecule is CN(C)CC(CNC(=O)Nc1cccc(-c2nnco2)c1)C(O)c1ccccc1. The number of aliphatic hydroxyl groups is 1. The first-order valence-electron chi connectivity index (χ1n) is 9.32. The van der Waals surface area contributed by atoms with Gasteiger partial charge in [0.2, 0.25) is 12.3 Å². The Bertz CT molecular complexity index is 900. The highest BCUT2D eigenvalue weighted by Crippen LogP contribution is 2.23. The van der Waals surface area contributed by atoms with Crippen LogP contribution in [0.15, 0.2) is 65.4 Å². The Hall–Kier alpha value is -3.23. The lowest BCUT2D eigenvalue weighted by atomic mass is 9.95. The van der Waals surface area contributed by atoms with E-state index in [4.69, 9.17) is 4.42 Å². The predicted octanol–water partition coefficient (Wildman–Crippen LogP) is 2.77. The van der Waals surface area contributed by atoms with Crippen molar-refractivity contribution < 1.29 is 14.3 Å². The summed E-state index contributed by atoms with van der Waals surface area (Å²) >= 11 is 0. The third-order valence-electron chi connectivity index (χ3n) is 4.44. The molecule has 2 unspecified atom stereocenters. The van der Waals surface area contributed by atoms with Crippen molar-refractivity contribution in [2.75, 3.05) is 32.5 Å². The van der Waals surface area contributed by atoms with Gasteiger partial charge in [-0.05, 0) is 37.9 Å². The fourth-order valence-electron chi connectivity index (χ4n) is 3.10. The number of nitrogens with zero attached hydrogens (tertiary/aromatic N) is 3. The molecule has 3 rings (SSSR count). The lowest BCUT2D eigenvalue weighted by Gasteiger charge is -2.26. The molecule has 2 atom stereocenters. The summed E-state index contributed by atoms with van der Waals surface area (Å²) in [5, 5.41) is 23.9. The van der Waals surface area contributed by atoms with Crippen LogP contribution >= 0.6 is 0 Å². The highest BCUT2D eigenvalue weighted by Gasteiger charge is 2.22. The number of rotatable bonds is 8. The van der Waals surface area contributed by atoms with Gasteiger partial charge in [0.25, 0.3) is 0 Å². The average Bonchev–Trinajstić information content (AvgIpc) is 3.26. The maximum Gasteiger partial charge on any atom is 0.319 e. The molecule has 0 saturated heterocycles. The fourth-order valence-corrected chi connectivity index (χ4v) is 3.10. The van der Waals surface area contributed by atoms with E-state index in [1.54, 1.807) is 18.2 Å². The van der Waals surface area contributed by atoms with Crippen molar-refractivity contribution in [3.8, 4) is 11.5 Å². The highest BCUT2D eigenvalue weighted by atomic mass is 16.4. The van der Waals surface area contributed by atoms with Crippen molar-refractivity contribution in [1.82, 2.24) is 20.4 Å². The zero-order valence-corrected chi connectivity index (χ0v) is 16.4. The Morgan fingerprint density at radius 1 is 1.17 bits per heavy atom. The van der Waals surface area contributed by atoms with E-state index in [0.29, 0.717) is 30.2 Å². The molecular formula is C21H25N5O3. The summed E-state index contributed by atoms with van der Waals surface area (Å²) in [6.45, 7) is 0.951. The number of hydrogen-bond donors (Lipinski definition) is 3. The molecule has 0 fully saturated rings. The Morgan fingerprint density at radius 2 is 1.97 bits per heavy atom. The average molecular weight is 395 g/mol. The molecule has 3 aromatic rings. The number of aliphatic hydroxyl groups excluding tert-OH is 1. The number of benzene rings is 2. The molecule has 0 radical (unpaired) electrons. The zero-order valence-electron chi connectivity index (χ0n) is 16.4. The molecule has 8 nitrogen and oxygen atoms in total. The first kappa shape index (κ1) is 20.5. The fraction of sp³-hybridized carbons (Fsp3) is 0.286. The van der Waals surface area contributed by atoms with Crippen molar-refractivity contribution >= 4 is 11.7 Å². The lowest BCUT2D eigenvalue weighted by Crippen LogP contribution is -2.39. The molecule has 0 bridgehead atoms. The maximum absolute atomic E-state index is 12.4. The molecule has 0 saturated carbocycles. The normalized spacial score (nSPS) is 13.1. The predicted molar refractivity (Wildman–Crippen MR) is 110 cm³/mol. The van der Waals surface area contributed by atoms with Crippen LogP contribution in [0.25, 0.3) is 11.5 Å². The smallest absolute Gasteiger partial charge is 0.319 e. The van der Waals surface area contributed by atoms with Crippen molar-refractivity contribution in [1.29, 1.82) is 0 Å². The first-order chi connectivity index (χ1) is 14.0. The molecular weight excluding hydrogens is 370 g/mol. The van der Waals surface area contributed by atoms with Crippen molar-refractivity contribution in [3.63, 3.8) is 0 Å². The van der Waals surface area contributed by atoms with E-state index in [0.717, 1.165) is 5.56 Å². The minimum absolute atomic E-state index is 0.164. The molecule has 0 aliphatic rings. The van der Waals surface area contributed by atoms with E-state index < -0.39 is 6.10 Å². The van der Waals surface area contributed by atoms with Gasteiger partial charge in [0.05, 0.1) is 6.10 Å². The second-order valence-corrected chi connectivity index (χ2v) is 7.04. The number of anilines is 1. The number of nitrogens with one attached hydrogen (secondary N) is 2. The van der Waals surface area contributed by atoms with Gasteiger partial charge in [-0.15, -0.1) is 10.2 Å². The van der Waals surface area contributed by atoms with Gasteiger partial charge in [0.15, 0.2) is 0 Å². The van der Waals surface area contributed by atoms with Crippen LogP contribution in [0.2, 0.25) is 0 Å². The van der Waals surface area contributed by atoms with Gasteiger partial charge in [-0.2, -0.15) is 0 Å². The summed E-state index contributed by atoms with van der Waals surface area (Å²) in [5.41, 5.74) is 2.14. The number of amides is 2. The molecule has 2 amide bonds. The topological polar surface area (TPSA) is 104 Å². The molecule has 3 N–H and O–H groups in total. The van der Waals surface area contributed by atoms with Crippen LogP contribution in [-0.2, 0) is 0 Å². The summed E-state index contributed by atoms with van der Waals surface area (Å²) in [5.74, 6) is 0.217. The minimum atomic E-state index is -0.681. The maximum atomic E-state index is 12.4. The van der Waals surface area contributed by atoms with E-state index in [1.165, 1.54) is 6.39 Å². The molecule has 152 valence electrons. The zero-order chi connectivity index (χ0) is 20.6. The van der Waals surface area contributed by atoms with E-state index in [9.17, 15) is 9.90 Å². The second kappa shape index (κ2) is 9.81. The van der Waals surface area contributed by atoms with E-state index >= 15 is 0 Å². The Kier molecular flexibility index (Phi) is 6.94. The van der Waals surface area contributed by atoms with Crippen LogP contribution in [0.3, 0.4) is 0 Å². The molecule has 8 heteroatoms. The lowest BCUT2D eigenvalue weighted by molar-refractivity contribution is 0.0911. The van der Waals surface area contributed by atoms with Gasteiger partial charge in [-0.3, -0.25) is 0 Å². The molecule has 1 aromatic heterocycles. The number of carbonyl (C=O) groups excluding carboxylic acids is 1. The van der Waals surface area contributed by atoms with Gasteiger partial charge in [-0.1, -0.05) is 36.4 Å². The van der Waals surface area contributed by atoms with Crippen LogP contribution < -0.4 is 10.6 Å². The first-order valence-corrected chi connectivity index (χ1v) is 9.32. The van der Waals surface area contributed by atoms with Gasteiger partial charge >= 0.3 is 6.03 Å². The molecule has 0 aliphatic heterocycles. The Morgan fingerprint density at radius 3 is 2.66 bits per heavy atom. The molecule has 0 aliphatic carbocycles. The summed E-state index contributed by atoms with van der Waals surface area (Å²) in [7, 11) is 3.88. The van der Waals surface area contributed by atoms with Gasteiger partial charge in [0, 0.05) is 30.3 Å². The van der Waals surface area contributed by atoms with E-state index in [1.807, 2.05) is 55.4 Å². The number of carbonyl (C=O) groups is 1. The van der Waals surface area contributed by atoms with Crippen LogP contribution in [0, 0.1) is 5.92 Å². The highest BCUT2D eigenvalue weighted by molar-refractivity contribution is 5.89. The summed E-state index contributed by atoms with van der Waals surface area (Å²) < 4.78 is 5.18. The van der Waals surface area contributed by atoms with Gasteiger partial charge in [-0.25, -0.2) is 4.79 Å². The van der Waals surface area contributed by atoms with Crippen molar-refractivity contribution in [2.24, 2.45) is 5.92 Å².